The molecular formula is C6H12F3NO3. The molecule has 0 saturated carbocycles. The van der Waals surface area contributed by atoms with E-state index in [-0.39, 0.29) is 13.2 Å². The lowest BCUT2D eigenvalue weighted by Gasteiger charge is -2.11. The number of aliphatic hydroxyl groups excluding tert-OH is 1. The number of hydrogen-bond acceptors (Lipinski definition) is 4. The van der Waals surface area contributed by atoms with E-state index in [1.165, 1.54) is 7.11 Å². The molecule has 0 saturated heterocycles. The lowest BCUT2D eigenvalue weighted by atomic mass is 10.4. The van der Waals surface area contributed by atoms with Crippen LogP contribution in [0.25, 0.3) is 0 Å². The Kier molecular flexibility index (Phi) is 5.97. The summed E-state index contributed by atoms with van der Waals surface area (Å²) in [4.78, 5) is 4.02. The minimum absolute atomic E-state index is 0.0440. The summed E-state index contributed by atoms with van der Waals surface area (Å²) in [7, 11) is 1.37. The molecule has 0 amide bonds. The molecule has 0 aromatic carbocycles. The third-order valence-corrected chi connectivity index (χ3v) is 1.02. The Balaban J connectivity index is 3.25. The molecule has 80 valence electrons. The van der Waals surface area contributed by atoms with Gasteiger partial charge < -0.3 is 9.84 Å². The second-order valence-electron chi connectivity index (χ2n) is 2.36. The SMILES string of the molecule is COCC(O)CNOCC(F)(F)F. The van der Waals surface area contributed by atoms with Gasteiger partial charge in [-0.3, -0.25) is 4.84 Å². The predicted molar refractivity (Wildman–Crippen MR) is 37.9 cm³/mol. The number of hydroxylamine groups is 1. The summed E-state index contributed by atoms with van der Waals surface area (Å²) in [6, 6.07) is 0. The van der Waals surface area contributed by atoms with Crippen LogP contribution >= 0.6 is 0 Å². The molecule has 1 unspecified atom stereocenters. The highest BCUT2D eigenvalue weighted by molar-refractivity contribution is 4.53. The highest BCUT2D eigenvalue weighted by atomic mass is 19.4. The van der Waals surface area contributed by atoms with Crippen molar-refractivity contribution in [2.24, 2.45) is 0 Å². The molecule has 7 heteroatoms. The summed E-state index contributed by atoms with van der Waals surface area (Å²) in [6.07, 6.45) is -5.24. The van der Waals surface area contributed by atoms with Crippen molar-refractivity contribution in [3.63, 3.8) is 0 Å². The predicted octanol–water partition coefficient (Wildman–Crippen LogP) is 0.0772. The van der Waals surface area contributed by atoms with Crippen LogP contribution in [0.2, 0.25) is 0 Å². The van der Waals surface area contributed by atoms with E-state index >= 15 is 0 Å². The number of nitrogens with one attached hydrogen (secondary N) is 1. The van der Waals surface area contributed by atoms with Crippen molar-refractivity contribution in [3.8, 4) is 0 Å². The summed E-state index contributed by atoms with van der Waals surface area (Å²) in [5, 5.41) is 8.93. The molecule has 0 fully saturated rings. The Bertz CT molecular complexity index is 131. The van der Waals surface area contributed by atoms with Gasteiger partial charge in [0.2, 0.25) is 0 Å². The normalized spacial score (nSPS) is 14.5. The summed E-state index contributed by atoms with van der Waals surface area (Å²) < 4.78 is 39.0. The molecule has 0 aliphatic heterocycles. The second-order valence-corrected chi connectivity index (χ2v) is 2.36. The van der Waals surface area contributed by atoms with E-state index < -0.39 is 18.9 Å². The molecule has 0 rings (SSSR count). The molecule has 2 N–H and O–H groups in total. The molecule has 0 aliphatic rings. The number of aliphatic hydroxyl groups is 1. The van der Waals surface area contributed by atoms with Gasteiger partial charge in [0.15, 0.2) is 6.61 Å². The quantitative estimate of drug-likeness (QED) is 0.474. The molecule has 13 heavy (non-hydrogen) atoms. The largest absolute Gasteiger partial charge is 0.413 e. The highest BCUT2D eigenvalue weighted by Gasteiger charge is 2.27. The lowest BCUT2D eigenvalue weighted by molar-refractivity contribution is -0.191. The van der Waals surface area contributed by atoms with Crippen LogP contribution in [-0.4, -0.2) is 44.3 Å². The Morgan fingerprint density at radius 3 is 2.54 bits per heavy atom. The molecule has 0 aromatic rings. The van der Waals surface area contributed by atoms with Gasteiger partial charge >= 0.3 is 6.18 Å². The highest BCUT2D eigenvalue weighted by Crippen LogP contribution is 2.13. The zero-order chi connectivity index (χ0) is 10.3. The summed E-state index contributed by atoms with van der Waals surface area (Å²) in [6.45, 7) is -1.45. The van der Waals surface area contributed by atoms with Crippen molar-refractivity contribution in [2.75, 3.05) is 26.9 Å². The van der Waals surface area contributed by atoms with Gasteiger partial charge in [-0.05, 0) is 0 Å². The molecule has 0 radical (unpaired) electrons. The van der Waals surface area contributed by atoms with Crippen molar-refractivity contribution < 1.29 is 27.9 Å². The van der Waals surface area contributed by atoms with Crippen molar-refractivity contribution in [1.82, 2.24) is 5.48 Å². The molecule has 0 aromatic heterocycles. The number of methoxy groups -OCH3 is 1. The first-order valence-electron chi connectivity index (χ1n) is 3.54. The Hall–Kier alpha value is -0.370. The Labute approximate surface area is 73.6 Å². The zero-order valence-corrected chi connectivity index (χ0v) is 7.10. The third-order valence-electron chi connectivity index (χ3n) is 1.02. The fraction of sp³-hybridized carbons (Fsp3) is 1.00. The molecule has 0 spiro atoms. The van der Waals surface area contributed by atoms with E-state index in [0.717, 1.165) is 0 Å². The van der Waals surface area contributed by atoms with E-state index in [1.807, 2.05) is 5.48 Å². The van der Waals surface area contributed by atoms with Gasteiger partial charge in [0.25, 0.3) is 0 Å². The maximum atomic E-state index is 11.5. The van der Waals surface area contributed by atoms with Gasteiger partial charge in [-0.15, -0.1) is 0 Å². The minimum atomic E-state index is -4.36. The first kappa shape index (κ1) is 12.6. The van der Waals surface area contributed by atoms with Crippen molar-refractivity contribution in [2.45, 2.75) is 12.3 Å². The smallest absolute Gasteiger partial charge is 0.389 e. The molecule has 1 atom stereocenters. The Morgan fingerprint density at radius 1 is 1.46 bits per heavy atom. The van der Waals surface area contributed by atoms with Crippen molar-refractivity contribution in [3.05, 3.63) is 0 Å². The maximum Gasteiger partial charge on any atom is 0.413 e. The number of hydrogen-bond donors (Lipinski definition) is 2. The molecular weight excluding hydrogens is 191 g/mol. The van der Waals surface area contributed by atoms with Crippen LogP contribution in [-0.2, 0) is 9.57 Å². The number of ether oxygens (including phenoxy) is 1. The van der Waals surface area contributed by atoms with Crippen LogP contribution in [0.1, 0.15) is 0 Å². The minimum Gasteiger partial charge on any atom is -0.389 e. The van der Waals surface area contributed by atoms with Gasteiger partial charge in [0.05, 0.1) is 12.7 Å². The topological polar surface area (TPSA) is 50.7 Å². The van der Waals surface area contributed by atoms with E-state index in [2.05, 4.69) is 9.57 Å². The number of alkyl halides is 3. The zero-order valence-electron chi connectivity index (χ0n) is 7.10. The summed E-state index contributed by atoms with van der Waals surface area (Å²) in [5.74, 6) is 0. The summed E-state index contributed by atoms with van der Waals surface area (Å²) >= 11 is 0. The van der Waals surface area contributed by atoms with Crippen molar-refractivity contribution in [1.29, 1.82) is 0 Å². The Morgan fingerprint density at radius 2 is 2.08 bits per heavy atom. The summed E-state index contributed by atoms with van der Waals surface area (Å²) in [5.41, 5.74) is 1.98. The maximum absolute atomic E-state index is 11.5. The van der Waals surface area contributed by atoms with Crippen LogP contribution in [0.4, 0.5) is 13.2 Å². The third kappa shape index (κ3) is 9.54. The second kappa shape index (κ2) is 6.14. The van der Waals surface area contributed by atoms with Crippen molar-refractivity contribution >= 4 is 0 Å². The molecule has 4 nitrogen and oxygen atoms in total. The van der Waals surface area contributed by atoms with E-state index in [4.69, 9.17) is 5.11 Å². The molecule has 0 bridgehead atoms. The van der Waals surface area contributed by atoms with Crippen LogP contribution in [0.3, 0.4) is 0 Å². The molecule has 0 aliphatic carbocycles. The average molecular weight is 203 g/mol. The standard InChI is InChI=1S/C6H12F3NO3/c1-12-3-5(11)2-10-13-4-6(7,8)9/h5,10-11H,2-4H2,1H3. The number of rotatable bonds is 6. The van der Waals surface area contributed by atoms with Gasteiger partial charge in [-0.2, -0.15) is 18.7 Å². The van der Waals surface area contributed by atoms with Gasteiger partial charge in [-0.1, -0.05) is 0 Å². The van der Waals surface area contributed by atoms with Gasteiger partial charge in [0, 0.05) is 13.7 Å². The molecule has 0 heterocycles. The van der Waals surface area contributed by atoms with E-state index in [0.29, 0.717) is 0 Å². The van der Waals surface area contributed by atoms with Gasteiger partial charge in [0.1, 0.15) is 0 Å². The van der Waals surface area contributed by atoms with Crippen LogP contribution in [0.15, 0.2) is 0 Å². The monoisotopic (exact) mass is 203 g/mol. The first-order valence-corrected chi connectivity index (χ1v) is 3.54. The fourth-order valence-electron chi connectivity index (χ4n) is 0.539. The average Bonchev–Trinajstić information content (AvgIpc) is 1.97. The van der Waals surface area contributed by atoms with E-state index in [9.17, 15) is 13.2 Å². The van der Waals surface area contributed by atoms with Crippen LogP contribution in [0.5, 0.6) is 0 Å². The van der Waals surface area contributed by atoms with Crippen LogP contribution < -0.4 is 5.48 Å². The van der Waals surface area contributed by atoms with Crippen LogP contribution in [0, 0.1) is 0 Å². The van der Waals surface area contributed by atoms with Gasteiger partial charge in [-0.25, -0.2) is 0 Å². The first-order chi connectivity index (χ1) is 5.95. The number of halogens is 3. The van der Waals surface area contributed by atoms with E-state index in [1.54, 1.807) is 0 Å². The fourth-order valence-corrected chi connectivity index (χ4v) is 0.539. The lowest BCUT2D eigenvalue weighted by Crippen LogP contribution is -2.33.